The number of carbonyl (C=O) groups excluding carboxylic acids is 1. The molecule has 1 aromatic carbocycles. The van der Waals surface area contributed by atoms with E-state index in [1.165, 1.54) is 18.5 Å². The maximum absolute atomic E-state index is 13.1. The summed E-state index contributed by atoms with van der Waals surface area (Å²) in [6.07, 6.45) is 5.71. The molecule has 2 aromatic rings. The molecule has 2 aliphatic rings. The van der Waals surface area contributed by atoms with Crippen molar-refractivity contribution in [2.45, 2.75) is 56.4 Å². The normalized spacial score (nSPS) is 18.1. The van der Waals surface area contributed by atoms with Gasteiger partial charge in [-0.1, -0.05) is 18.2 Å². The molecule has 0 atom stereocenters. The third kappa shape index (κ3) is 3.48. The average molecular weight is 387 g/mol. The first-order valence-corrected chi connectivity index (χ1v) is 11.2. The number of nitrogens with zero attached hydrogens (tertiary/aromatic N) is 2. The van der Waals surface area contributed by atoms with Crippen LogP contribution in [0.4, 0.5) is 0 Å². The first-order chi connectivity index (χ1) is 13.0. The Morgan fingerprint density at radius 3 is 2.48 bits per heavy atom. The Kier molecular flexibility index (Phi) is 4.95. The number of sulfonamides is 1. The predicted octanol–water partition coefficient (Wildman–Crippen LogP) is 3.25. The van der Waals surface area contributed by atoms with Gasteiger partial charge in [0.05, 0.1) is 11.4 Å². The van der Waals surface area contributed by atoms with Crippen molar-refractivity contribution in [3.63, 3.8) is 0 Å². The fraction of sp³-hybridized carbons (Fsp3) is 0.476. The molecule has 0 radical (unpaired) electrons. The number of benzene rings is 1. The maximum atomic E-state index is 13.1. The molecule has 1 aliphatic carbocycles. The molecule has 2 heterocycles. The minimum atomic E-state index is -3.45. The van der Waals surface area contributed by atoms with Crippen LogP contribution in [-0.2, 0) is 27.8 Å². The minimum Gasteiger partial charge on any atom is -0.341 e. The molecule has 1 saturated carbocycles. The zero-order valence-corrected chi connectivity index (χ0v) is 16.5. The Labute approximate surface area is 161 Å². The van der Waals surface area contributed by atoms with E-state index in [2.05, 4.69) is 10.6 Å². The molecule has 6 heteroatoms. The lowest BCUT2D eigenvalue weighted by Crippen LogP contribution is -2.28. The van der Waals surface area contributed by atoms with E-state index in [1.807, 2.05) is 19.1 Å². The van der Waals surface area contributed by atoms with E-state index in [0.717, 1.165) is 35.9 Å². The Balaban J connectivity index is 1.70. The lowest BCUT2D eigenvalue weighted by atomic mass is 10.1. The van der Waals surface area contributed by atoms with Crippen LogP contribution in [0.15, 0.2) is 35.2 Å². The van der Waals surface area contributed by atoms with Gasteiger partial charge in [-0.3, -0.25) is 0 Å². The van der Waals surface area contributed by atoms with Crippen LogP contribution in [0.25, 0.3) is 0 Å². The number of aromatic nitrogens is 1. The molecular formula is C21H26N2O3S. The van der Waals surface area contributed by atoms with Gasteiger partial charge in [0.1, 0.15) is 6.29 Å². The highest BCUT2D eigenvalue weighted by Crippen LogP contribution is 2.42. The van der Waals surface area contributed by atoms with Crippen molar-refractivity contribution >= 4 is 16.3 Å². The van der Waals surface area contributed by atoms with Gasteiger partial charge in [0.15, 0.2) is 0 Å². The third-order valence-corrected chi connectivity index (χ3v) is 7.79. The number of rotatable bonds is 7. The molecule has 1 aromatic heterocycles. The second-order valence-electron chi connectivity index (χ2n) is 7.63. The summed E-state index contributed by atoms with van der Waals surface area (Å²) in [5, 5.41) is 0. The van der Waals surface area contributed by atoms with Gasteiger partial charge in [0.25, 0.3) is 0 Å². The van der Waals surface area contributed by atoms with E-state index >= 15 is 0 Å². The molecule has 4 rings (SSSR count). The second-order valence-corrected chi connectivity index (χ2v) is 9.53. The van der Waals surface area contributed by atoms with E-state index in [0.29, 0.717) is 36.9 Å². The molecule has 2 fully saturated rings. The molecule has 0 amide bonds. The number of hydrogen-bond acceptors (Lipinski definition) is 3. The van der Waals surface area contributed by atoms with Crippen LogP contribution in [0.5, 0.6) is 0 Å². The topological polar surface area (TPSA) is 59.4 Å². The highest BCUT2D eigenvalue weighted by molar-refractivity contribution is 7.89. The summed E-state index contributed by atoms with van der Waals surface area (Å²) in [5.41, 5.74) is 4.23. The van der Waals surface area contributed by atoms with Crippen LogP contribution in [0.2, 0.25) is 0 Å². The monoisotopic (exact) mass is 386 g/mol. The molecule has 144 valence electrons. The van der Waals surface area contributed by atoms with Crippen molar-refractivity contribution in [2.75, 3.05) is 13.1 Å². The summed E-state index contributed by atoms with van der Waals surface area (Å²) in [4.78, 5) is 11.5. The SMILES string of the molecule is Cc1c(Cc2ccccc2S(=O)(=O)N2CCCC2)cc(C2CC2)n1CC=O. The Morgan fingerprint density at radius 1 is 1.11 bits per heavy atom. The quantitative estimate of drug-likeness (QED) is 0.687. The van der Waals surface area contributed by atoms with Crippen LogP contribution in [-0.4, -0.2) is 36.7 Å². The molecule has 5 nitrogen and oxygen atoms in total. The van der Waals surface area contributed by atoms with Crippen LogP contribution in [0, 0.1) is 6.92 Å². The van der Waals surface area contributed by atoms with Gasteiger partial charge in [0.2, 0.25) is 10.0 Å². The standard InChI is InChI=1S/C21H26N2O3S/c1-16-19(15-20(17-8-9-17)23(16)12-13-24)14-18-6-2-3-7-21(18)27(25,26)22-10-4-5-11-22/h2-3,6-7,13,15,17H,4-5,8-12,14H2,1H3. The van der Waals surface area contributed by atoms with Crippen LogP contribution in [0.3, 0.4) is 0 Å². The smallest absolute Gasteiger partial charge is 0.243 e. The van der Waals surface area contributed by atoms with Crippen molar-refractivity contribution in [1.29, 1.82) is 0 Å². The van der Waals surface area contributed by atoms with E-state index in [1.54, 1.807) is 16.4 Å². The molecule has 1 saturated heterocycles. The van der Waals surface area contributed by atoms with Crippen molar-refractivity contribution < 1.29 is 13.2 Å². The number of aldehydes is 1. The molecule has 0 bridgehead atoms. The zero-order valence-electron chi connectivity index (χ0n) is 15.7. The fourth-order valence-corrected chi connectivity index (χ4v) is 5.85. The third-order valence-electron chi connectivity index (χ3n) is 5.79. The lowest BCUT2D eigenvalue weighted by molar-refractivity contribution is -0.108. The molecule has 27 heavy (non-hydrogen) atoms. The first kappa shape index (κ1) is 18.4. The highest BCUT2D eigenvalue weighted by Gasteiger charge is 2.31. The first-order valence-electron chi connectivity index (χ1n) is 9.73. The lowest BCUT2D eigenvalue weighted by Gasteiger charge is -2.18. The fourth-order valence-electron chi connectivity index (χ4n) is 4.12. The summed E-state index contributed by atoms with van der Waals surface area (Å²) in [6.45, 7) is 3.61. The molecule has 0 spiro atoms. The number of carbonyl (C=O) groups is 1. The van der Waals surface area contributed by atoms with Crippen molar-refractivity contribution in [2.24, 2.45) is 0 Å². The predicted molar refractivity (Wildman–Crippen MR) is 104 cm³/mol. The average Bonchev–Trinajstić information content (AvgIpc) is 3.25. The summed E-state index contributed by atoms with van der Waals surface area (Å²) in [5.74, 6) is 0.543. The van der Waals surface area contributed by atoms with Crippen LogP contribution < -0.4 is 0 Å². The summed E-state index contributed by atoms with van der Waals surface area (Å²) in [6, 6.07) is 9.51. The van der Waals surface area contributed by atoms with Gasteiger partial charge in [0, 0.05) is 30.9 Å². The molecule has 1 aliphatic heterocycles. The Morgan fingerprint density at radius 2 is 1.81 bits per heavy atom. The van der Waals surface area contributed by atoms with Gasteiger partial charge < -0.3 is 9.36 Å². The van der Waals surface area contributed by atoms with Crippen LogP contribution in [0.1, 0.15) is 54.1 Å². The highest BCUT2D eigenvalue weighted by atomic mass is 32.2. The van der Waals surface area contributed by atoms with Gasteiger partial charge >= 0.3 is 0 Å². The largest absolute Gasteiger partial charge is 0.341 e. The summed E-state index contributed by atoms with van der Waals surface area (Å²) >= 11 is 0. The maximum Gasteiger partial charge on any atom is 0.243 e. The van der Waals surface area contributed by atoms with Gasteiger partial charge in [-0.2, -0.15) is 4.31 Å². The van der Waals surface area contributed by atoms with Crippen molar-refractivity contribution in [1.82, 2.24) is 8.87 Å². The Hall–Kier alpha value is -1.92. The van der Waals surface area contributed by atoms with Crippen LogP contribution >= 0.6 is 0 Å². The molecule has 0 unspecified atom stereocenters. The summed E-state index contributed by atoms with van der Waals surface area (Å²) in [7, 11) is -3.45. The second kappa shape index (κ2) is 7.24. The zero-order chi connectivity index (χ0) is 19.0. The summed E-state index contributed by atoms with van der Waals surface area (Å²) < 4.78 is 29.9. The molecule has 0 N–H and O–H groups in total. The van der Waals surface area contributed by atoms with Gasteiger partial charge in [-0.05, 0) is 61.8 Å². The van der Waals surface area contributed by atoms with E-state index in [-0.39, 0.29) is 0 Å². The molecular weight excluding hydrogens is 360 g/mol. The van der Waals surface area contributed by atoms with Crippen molar-refractivity contribution in [3.05, 3.63) is 52.8 Å². The van der Waals surface area contributed by atoms with Crippen molar-refractivity contribution in [3.8, 4) is 0 Å². The number of hydrogen-bond donors (Lipinski definition) is 0. The van der Waals surface area contributed by atoms with Gasteiger partial charge in [-0.25, -0.2) is 8.42 Å². The Bertz CT molecular complexity index is 952. The minimum absolute atomic E-state index is 0.366. The van der Waals surface area contributed by atoms with E-state index in [9.17, 15) is 13.2 Å². The van der Waals surface area contributed by atoms with E-state index < -0.39 is 10.0 Å². The van der Waals surface area contributed by atoms with E-state index in [4.69, 9.17) is 0 Å². The van der Waals surface area contributed by atoms with Gasteiger partial charge in [-0.15, -0.1) is 0 Å².